The molecule has 0 aromatic carbocycles. The van der Waals surface area contributed by atoms with E-state index in [1.54, 1.807) is 11.8 Å². The van der Waals surface area contributed by atoms with Crippen LogP contribution in [0.25, 0.3) is 0 Å². The van der Waals surface area contributed by atoms with E-state index >= 15 is 0 Å². The molecule has 3 heterocycles. The van der Waals surface area contributed by atoms with Gasteiger partial charge in [0.15, 0.2) is 10.3 Å². The summed E-state index contributed by atoms with van der Waals surface area (Å²) in [6.45, 7) is 1.00. The van der Waals surface area contributed by atoms with Crippen LogP contribution in [0.3, 0.4) is 0 Å². The van der Waals surface area contributed by atoms with E-state index in [1.807, 2.05) is 19.4 Å². The van der Waals surface area contributed by atoms with Crippen LogP contribution in [0.2, 0.25) is 0 Å². The van der Waals surface area contributed by atoms with Gasteiger partial charge < -0.3 is 9.88 Å². The molecule has 0 saturated heterocycles. The molecule has 0 amide bonds. The van der Waals surface area contributed by atoms with Crippen molar-refractivity contribution in [1.29, 1.82) is 0 Å². The van der Waals surface area contributed by atoms with Crippen LogP contribution in [0.5, 0.6) is 0 Å². The lowest BCUT2D eigenvalue weighted by Gasteiger charge is -2.08. The average Bonchev–Trinajstić information content (AvgIpc) is 2.74. The highest BCUT2D eigenvalue weighted by molar-refractivity contribution is 7.99. The second-order valence-corrected chi connectivity index (χ2v) is 6.55. The van der Waals surface area contributed by atoms with Crippen LogP contribution in [0.4, 0.5) is 5.82 Å². The first-order valence-corrected chi connectivity index (χ1v) is 9.05. The second kappa shape index (κ2) is 6.65. The Balaban J connectivity index is 1.88. The van der Waals surface area contributed by atoms with E-state index < -0.39 is 0 Å². The number of hydrogen-bond donors (Lipinski definition) is 1. The first-order chi connectivity index (χ1) is 10.3. The third-order valence-corrected chi connectivity index (χ3v) is 4.84. The quantitative estimate of drug-likeness (QED) is 0.527. The number of hydrogen-bond acceptors (Lipinski definition) is 7. The summed E-state index contributed by atoms with van der Waals surface area (Å²) in [7, 11) is 1.87. The maximum atomic E-state index is 4.54. The van der Waals surface area contributed by atoms with Crippen LogP contribution in [-0.4, -0.2) is 38.0 Å². The monoisotopic (exact) mass is 322 g/mol. The van der Waals surface area contributed by atoms with Gasteiger partial charge in [0.2, 0.25) is 0 Å². The largest absolute Gasteiger partial charge is 0.373 e. The molecule has 2 aromatic heterocycles. The van der Waals surface area contributed by atoms with Crippen molar-refractivity contribution in [3.05, 3.63) is 11.9 Å². The number of thioether (sulfide) groups is 1. The molecule has 1 N–H and O–H groups in total. The smallest absolute Gasteiger partial charge is 0.197 e. The van der Waals surface area contributed by atoms with Crippen LogP contribution in [-0.2, 0) is 13.0 Å². The third kappa shape index (κ3) is 3.32. The normalized spacial score (nSPS) is 14.6. The minimum atomic E-state index is 0.764. The lowest BCUT2D eigenvalue weighted by atomic mass is 10.2. The van der Waals surface area contributed by atoms with E-state index in [-0.39, 0.29) is 0 Å². The van der Waals surface area contributed by atoms with Crippen molar-refractivity contribution in [2.75, 3.05) is 18.6 Å². The molecule has 0 atom stereocenters. The van der Waals surface area contributed by atoms with Crippen molar-refractivity contribution in [2.45, 2.75) is 47.6 Å². The summed E-state index contributed by atoms with van der Waals surface area (Å²) < 4.78 is 2.23. The molecule has 0 bridgehead atoms. The summed E-state index contributed by atoms with van der Waals surface area (Å²) in [6.07, 6.45) is 6.67. The lowest BCUT2D eigenvalue weighted by molar-refractivity contribution is 0.590. The van der Waals surface area contributed by atoms with Crippen LogP contribution >= 0.6 is 23.5 Å². The molecule has 0 spiro atoms. The molecule has 1 aliphatic heterocycles. The van der Waals surface area contributed by atoms with Gasteiger partial charge in [-0.15, -0.1) is 10.2 Å². The van der Waals surface area contributed by atoms with E-state index in [0.717, 1.165) is 39.9 Å². The van der Waals surface area contributed by atoms with Crippen LogP contribution in [0.15, 0.2) is 21.4 Å². The fourth-order valence-electron chi connectivity index (χ4n) is 2.30. The summed E-state index contributed by atoms with van der Waals surface area (Å²) in [5.74, 6) is 1.93. The third-order valence-electron chi connectivity index (χ3n) is 3.39. The summed E-state index contributed by atoms with van der Waals surface area (Å²) >= 11 is 3.10. The van der Waals surface area contributed by atoms with Gasteiger partial charge in [-0.3, -0.25) is 0 Å². The molecule has 0 saturated carbocycles. The predicted molar refractivity (Wildman–Crippen MR) is 85.1 cm³/mol. The topological polar surface area (TPSA) is 68.5 Å². The Labute approximate surface area is 132 Å². The number of fused-ring (bicyclic) bond motifs is 1. The highest BCUT2D eigenvalue weighted by Gasteiger charge is 2.16. The van der Waals surface area contributed by atoms with E-state index in [1.165, 1.54) is 31.0 Å². The van der Waals surface area contributed by atoms with Crippen LogP contribution < -0.4 is 5.32 Å². The zero-order valence-electron chi connectivity index (χ0n) is 12.2. The van der Waals surface area contributed by atoms with Gasteiger partial charge in [-0.1, -0.05) is 18.2 Å². The number of anilines is 1. The lowest BCUT2D eigenvalue weighted by Crippen LogP contribution is -2.03. The molecule has 1 aliphatic rings. The van der Waals surface area contributed by atoms with Gasteiger partial charge >= 0.3 is 0 Å². The fraction of sp³-hybridized carbons (Fsp3) is 0.538. The first kappa shape index (κ1) is 14.6. The number of rotatable bonds is 4. The number of nitrogens with one attached hydrogen (secondary N) is 1. The van der Waals surface area contributed by atoms with Gasteiger partial charge in [-0.25, -0.2) is 9.97 Å². The average molecular weight is 322 g/mol. The van der Waals surface area contributed by atoms with E-state index in [0.29, 0.717) is 0 Å². The minimum Gasteiger partial charge on any atom is -0.373 e. The van der Waals surface area contributed by atoms with Crippen LogP contribution in [0.1, 0.15) is 25.1 Å². The molecule has 8 heteroatoms. The van der Waals surface area contributed by atoms with E-state index in [9.17, 15) is 0 Å². The summed E-state index contributed by atoms with van der Waals surface area (Å²) in [5, 5.41) is 14.3. The molecule has 21 heavy (non-hydrogen) atoms. The molecule has 0 aliphatic carbocycles. The van der Waals surface area contributed by atoms with Crippen molar-refractivity contribution < 1.29 is 0 Å². The van der Waals surface area contributed by atoms with E-state index in [2.05, 4.69) is 30.0 Å². The standard InChI is InChI=1S/C13H18N6S2/c1-14-9-8-11(16-12(15-9)20-2)21-13-18-17-10-6-4-3-5-7-19(10)13/h8H,3-7H2,1-2H3,(H,14,15,16). The SMILES string of the molecule is CNc1cc(Sc2nnc3n2CCCCC3)nc(SC)n1. The Morgan fingerprint density at radius 2 is 2.10 bits per heavy atom. The molecule has 6 nitrogen and oxygen atoms in total. The first-order valence-electron chi connectivity index (χ1n) is 7.01. The molecular formula is C13H18N6S2. The highest BCUT2D eigenvalue weighted by atomic mass is 32.2. The van der Waals surface area contributed by atoms with Gasteiger partial charge in [-0.05, 0) is 30.9 Å². The minimum absolute atomic E-state index is 0.764. The maximum absolute atomic E-state index is 4.54. The molecule has 0 unspecified atom stereocenters. The van der Waals surface area contributed by atoms with Gasteiger partial charge in [0, 0.05) is 26.1 Å². The molecular weight excluding hydrogens is 304 g/mol. The van der Waals surface area contributed by atoms with Crippen molar-refractivity contribution in [2.24, 2.45) is 0 Å². The Hall–Kier alpha value is -1.28. The number of nitrogens with zero attached hydrogens (tertiary/aromatic N) is 5. The zero-order chi connectivity index (χ0) is 14.7. The predicted octanol–water partition coefficient (Wildman–Crippen LogP) is 2.71. The molecule has 3 rings (SSSR count). The summed E-state index contributed by atoms with van der Waals surface area (Å²) in [5.41, 5.74) is 0. The second-order valence-electron chi connectivity index (χ2n) is 4.79. The maximum Gasteiger partial charge on any atom is 0.197 e. The van der Waals surface area contributed by atoms with Crippen LogP contribution in [0, 0.1) is 0 Å². The van der Waals surface area contributed by atoms with Gasteiger partial charge in [0.05, 0.1) is 0 Å². The van der Waals surface area contributed by atoms with Gasteiger partial charge in [0.25, 0.3) is 0 Å². The number of aryl methyl sites for hydroxylation is 1. The summed E-state index contributed by atoms with van der Waals surface area (Å²) in [6, 6.07) is 1.95. The van der Waals surface area contributed by atoms with Gasteiger partial charge in [0.1, 0.15) is 16.7 Å². The Bertz CT molecular complexity index is 605. The fourth-order valence-corrected chi connectivity index (χ4v) is 3.62. The van der Waals surface area contributed by atoms with Crippen molar-refractivity contribution >= 4 is 29.3 Å². The van der Waals surface area contributed by atoms with Crippen molar-refractivity contribution in [1.82, 2.24) is 24.7 Å². The van der Waals surface area contributed by atoms with Crippen molar-refractivity contribution in [3.8, 4) is 0 Å². The Kier molecular flexibility index (Phi) is 4.64. The molecule has 0 radical (unpaired) electrons. The Morgan fingerprint density at radius 1 is 1.19 bits per heavy atom. The van der Waals surface area contributed by atoms with E-state index in [4.69, 9.17) is 0 Å². The van der Waals surface area contributed by atoms with Crippen molar-refractivity contribution in [3.63, 3.8) is 0 Å². The molecule has 2 aromatic rings. The van der Waals surface area contributed by atoms with Gasteiger partial charge in [-0.2, -0.15) is 0 Å². The zero-order valence-corrected chi connectivity index (χ0v) is 13.8. The Morgan fingerprint density at radius 3 is 2.90 bits per heavy atom. The highest BCUT2D eigenvalue weighted by Crippen LogP contribution is 2.29. The molecule has 0 fully saturated rings. The number of aromatic nitrogens is 5. The molecule has 112 valence electrons. The summed E-state index contributed by atoms with van der Waals surface area (Å²) in [4.78, 5) is 8.93.